The van der Waals surface area contributed by atoms with Crippen molar-refractivity contribution in [1.82, 2.24) is 15.5 Å². The Balaban J connectivity index is 4.29. The minimum atomic E-state index is -0.456. The molecule has 0 spiro atoms. The molecule has 0 aliphatic carbocycles. The molecule has 0 heterocycles. The van der Waals surface area contributed by atoms with Crippen molar-refractivity contribution in [3.8, 4) is 0 Å². The van der Waals surface area contributed by atoms with Crippen LogP contribution in [0.2, 0.25) is 0 Å². The average molecular weight is 442 g/mol. The normalized spacial score (nSPS) is 14.3. The number of aliphatic hydroxyl groups is 1. The Bertz CT molecular complexity index is 421. The van der Waals surface area contributed by atoms with E-state index in [1.165, 1.54) is 38.5 Å². The van der Waals surface area contributed by atoms with Gasteiger partial charge < -0.3 is 15.7 Å². The third-order valence-corrected chi connectivity index (χ3v) is 5.42. The lowest BCUT2D eigenvalue weighted by atomic mass is 10.1. The van der Waals surface area contributed by atoms with E-state index in [2.05, 4.69) is 29.4 Å². The second kappa shape index (κ2) is 19.5. The molecule has 6 nitrogen and oxygen atoms in total. The minimum Gasteiger partial charge on any atom is -0.392 e. The number of hydrogen-bond donors (Lipinski definition) is 3. The van der Waals surface area contributed by atoms with E-state index in [9.17, 15) is 14.7 Å². The summed E-state index contributed by atoms with van der Waals surface area (Å²) >= 11 is 0. The van der Waals surface area contributed by atoms with Crippen LogP contribution >= 0.6 is 0 Å². The van der Waals surface area contributed by atoms with Gasteiger partial charge in [-0.3, -0.25) is 14.5 Å². The third kappa shape index (κ3) is 19.3. The number of carbonyl (C=O) groups excluding carboxylic acids is 2. The summed E-state index contributed by atoms with van der Waals surface area (Å²) in [5, 5.41) is 16.0. The predicted molar refractivity (Wildman–Crippen MR) is 130 cm³/mol. The number of unbranched alkanes of at least 4 members (excludes halogenated alkanes) is 8. The number of aliphatic hydroxyl groups excluding tert-OH is 1. The molecule has 0 aromatic carbocycles. The third-order valence-electron chi connectivity index (χ3n) is 5.42. The van der Waals surface area contributed by atoms with Gasteiger partial charge in [-0.1, -0.05) is 65.2 Å². The molecule has 6 heteroatoms. The van der Waals surface area contributed by atoms with E-state index in [0.717, 1.165) is 25.7 Å². The summed E-state index contributed by atoms with van der Waals surface area (Å²) in [5.74, 6) is 0.204. The van der Waals surface area contributed by atoms with Crippen molar-refractivity contribution in [2.45, 2.75) is 130 Å². The summed E-state index contributed by atoms with van der Waals surface area (Å²) in [7, 11) is 0. The van der Waals surface area contributed by atoms with Crippen LogP contribution in [0.5, 0.6) is 0 Å². The number of carbonyl (C=O) groups is 2. The molecule has 3 atom stereocenters. The molecule has 0 saturated carbocycles. The van der Waals surface area contributed by atoms with Gasteiger partial charge in [0.05, 0.1) is 6.10 Å². The molecule has 0 bridgehead atoms. The minimum absolute atomic E-state index is 0.00311. The van der Waals surface area contributed by atoms with Crippen molar-refractivity contribution in [3.63, 3.8) is 0 Å². The number of nitrogens with zero attached hydrogens (tertiary/aromatic N) is 1. The standard InChI is InChI=1S/C25H51N3O3/c1-6-8-10-12-14-16-24(30)26-21(3)18-28(20-23(5)29)19-22(4)27-25(31)17-15-13-11-9-7-2/h21-23,29H,6-20H2,1-5H3,(H,26,30)(H,27,31). The van der Waals surface area contributed by atoms with Crippen molar-refractivity contribution < 1.29 is 14.7 Å². The summed E-state index contributed by atoms with van der Waals surface area (Å²) in [4.78, 5) is 26.5. The number of nitrogens with one attached hydrogen (secondary N) is 2. The second-order valence-corrected chi connectivity index (χ2v) is 9.33. The Morgan fingerprint density at radius 1 is 0.677 bits per heavy atom. The molecular weight excluding hydrogens is 390 g/mol. The van der Waals surface area contributed by atoms with Crippen LogP contribution in [0.15, 0.2) is 0 Å². The first-order valence-corrected chi connectivity index (χ1v) is 12.8. The van der Waals surface area contributed by atoms with Crippen LogP contribution < -0.4 is 10.6 Å². The van der Waals surface area contributed by atoms with Crippen molar-refractivity contribution in [1.29, 1.82) is 0 Å². The predicted octanol–water partition coefficient (Wildman–Crippen LogP) is 4.40. The lowest BCUT2D eigenvalue weighted by Crippen LogP contribution is -2.49. The van der Waals surface area contributed by atoms with E-state index in [1.807, 2.05) is 13.8 Å². The maximum absolute atomic E-state index is 12.2. The molecule has 0 rings (SSSR count). The van der Waals surface area contributed by atoms with Gasteiger partial charge in [0.1, 0.15) is 0 Å². The maximum atomic E-state index is 12.2. The van der Waals surface area contributed by atoms with Crippen LogP contribution in [0.25, 0.3) is 0 Å². The largest absolute Gasteiger partial charge is 0.392 e. The molecule has 0 aliphatic rings. The van der Waals surface area contributed by atoms with E-state index in [0.29, 0.717) is 32.5 Å². The van der Waals surface area contributed by atoms with E-state index in [-0.39, 0.29) is 23.9 Å². The van der Waals surface area contributed by atoms with Gasteiger partial charge in [0.15, 0.2) is 0 Å². The fourth-order valence-electron chi connectivity index (χ4n) is 3.94. The fraction of sp³-hybridized carbons (Fsp3) is 0.920. The molecule has 0 radical (unpaired) electrons. The van der Waals surface area contributed by atoms with Crippen LogP contribution in [-0.4, -0.2) is 59.6 Å². The SMILES string of the molecule is CCCCCCCC(=O)NC(C)CN(CC(C)O)CC(C)NC(=O)CCCCCCC. The molecule has 2 amide bonds. The summed E-state index contributed by atoms with van der Waals surface area (Å²) in [6.07, 6.45) is 12.1. The van der Waals surface area contributed by atoms with E-state index in [4.69, 9.17) is 0 Å². The van der Waals surface area contributed by atoms with Gasteiger partial charge in [-0.25, -0.2) is 0 Å². The lowest BCUT2D eigenvalue weighted by Gasteiger charge is -2.30. The first-order chi connectivity index (χ1) is 14.8. The molecular formula is C25H51N3O3. The van der Waals surface area contributed by atoms with Crippen LogP contribution in [-0.2, 0) is 9.59 Å². The fourth-order valence-corrected chi connectivity index (χ4v) is 3.94. The van der Waals surface area contributed by atoms with Gasteiger partial charge in [0, 0.05) is 44.6 Å². The summed E-state index contributed by atoms with van der Waals surface area (Å²) in [5.41, 5.74) is 0. The van der Waals surface area contributed by atoms with Crippen LogP contribution in [0.4, 0.5) is 0 Å². The highest BCUT2D eigenvalue weighted by molar-refractivity contribution is 5.76. The van der Waals surface area contributed by atoms with Gasteiger partial charge in [-0.15, -0.1) is 0 Å². The van der Waals surface area contributed by atoms with Gasteiger partial charge >= 0.3 is 0 Å². The molecule has 0 aromatic rings. The molecule has 0 aliphatic heterocycles. The molecule has 3 unspecified atom stereocenters. The quantitative estimate of drug-likeness (QED) is 0.245. The Morgan fingerprint density at radius 3 is 1.42 bits per heavy atom. The number of amides is 2. The zero-order chi connectivity index (χ0) is 23.5. The average Bonchev–Trinajstić information content (AvgIpc) is 2.66. The molecule has 0 aromatic heterocycles. The molecule has 0 fully saturated rings. The number of hydrogen-bond acceptors (Lipinski definition) is 4. The van der Waals surface area contributed by atoms with E-state index >= 15 is 0 Å². The highest BCUT2D eigenvalue weighted by atomic mass is 16.3. The second-order valence-electron chi connectivity index (χ2n) is 9.33. The Kier molecular flexibility index (Phi) is 18.8. The van der Waals surface area contributed by atoms with E-state index in [1.54, 1.807) is 6.92 Å². The van der Waals surface area contributed by atoms with Crippen molar-refractivity contribution in [2.75, 3.05) is 19.6 Å². The first kappa shape index (κ1) is 29.9. The van der Waals surface area contributed by atoms with Gasteiger partial charge in [0.2, 0.25) is 11.8 Å². The van der Waals surface area contributed by atoms with Crippen LogP contribution in [0, 0.1) is 0 Å². The molecule has 31 heavy (non-hydrogen) atoms. The highest BCUT2D eigenvalue weighted by Crippen LogP contribution is 2.07. The Morgan fingerprint density at radius 2 is 1.06 bits per heavy atom. The smallest absolute Gasteiger partial charge is 0.220 e. The summed E-state index contributed by atoms with van der Waals surface area (Å²) < 4.78 is 0. The van der Waals surface area contributed by atoms with E-state index < -0.39 is 6.10 Å². The van der Waals surface area contributed by atoms with Gasteiger partial charge in [-0.2, -0.15) is 0 Å². The zero-order valence-corrected chi connectivity index (χ0v) is 21.0. The van der Waals surface area contributed by atoms with Gasteiger partial charge in [0.25, 0.3) is 0 Å². The molecule has 0 saturated heterocycles. The van der Waals surface area contributed by atoms with Crippen molar-refractivity contribution in [3.05, 3.63) is 0 Å². The maximum Gasteiger partial charge on any atom is 0.220 e. The highest BCUT2D eigenvalue weighted by Gasteiger charge is 2.18. The molecule has 3 N–H and O–H groups in total. The summed E-state index contributed by atoms with van der Waals surface area (Å²) in [6, 6.07) is 0.00622. The summed E-state index contributed by atoms with van der Waals surface area (Å²) in [6.45, 7) is 12.0. The lowest BCUT2D eigenvalue weighted by molar-refractivity contribution is -0.122. The van der Waals surface area contributed by atoms with Gasteiger partial charge in [-0.05, 0) is 33.6 Å². The topological polar surface area (TPSA) is 81.7 Å². The Labute approximate surface area is 191 Å². The molecule has 184 valence electrons. The zero-order valence-electron chi connectivity index (χ0n) is 21.0. The monoisotopic (exact) mass is 441 g/mol. The first-order valence-electron chi connectivity index (χ1n) is 12.8. The van der Waals surface area contributed by atoms with Crippen LogP contribution in [0.3, 0.4) is 0 Å². The van der Waals surface area contributed by atoms with Crippen molar-refractivity contribution in [2.24, 2.45) is 0 Å². The Hall–Kier alpha value is -1.14. The number of rotatable bonds is 20. The van der Waals surface area contributed by atoms with Crippen LogP contribution in [0.1, 0.15) is 112 Å². The van der Waals surface area contributed by atoms with Crippen molar-refractivity contribution >= 4 is 11.8 Å².